The molecule has 6 nitrogen and oxygen atoms in total. The van der Waals surface area contributed by atoms with E-state index in [0.29, 0.717) is 32.0 Å². The second-order valence-electron chi connectivity index (χ2n) is 5.91. The molecule has 24 heavy (non-hydrogen) atoms. The molecule has 0 bridgehead atoms. The van der Waals surface area contributed by atoms with Crippen LogP contribution in [0.3, 0.4) is 0 Å². The molecule has 3 rings (SSSR count). The van der Waals surface area contributed by atoms with Gasteiger partial charge in [0, 0.05) is 38.1 Å². The fourth-order valence-corrected chi connectivity index (χ4v) is 3.10. The lowest BCUT2D eigenvalue weighted by Gasteiger charge is -2.36. The first-order valence-electron chi connectivity index (χ1n) is 7.56. The smallest absolute Gasteiger partial charge is 0.341 e. The first kappa shape index (κ1) is 18.7. The van der Waals surface area contributed by atoms with Gasteiger partial charge in [-0.3, -0.25) is 4.79 Å². The highest BCUT2D eigenvalue weighted by atomic mass is 35.5. The number of amides is 1. The summed E-state index contributed by atoms with van der Waals surface area (Å²) >= 11 is 0. The Balaban J connectivity index is 0.00000208. The second kappa shape index (κ2) is 7.10. The maximum atomic E-state index is 12.5. The highest BCUT2D eigenvalue weighted by molar-refractivity contribution is 5.85. The van der Waals surface area contributed by atoms with Gasteiger partial charge < -0.3 is 15.5 Å². The summed E-state index contributed by atoms with van der Waals surface area (Å²) in [5, 5.41) is 0. The van der Waals surface area contributed by atoms with Crippen LogP contribution in [0.2, 0.25) is 0 Å². The van der Waals surface area contributed by atoms with Crippen molar-refractivity contribution < 1.29 is 18.0 Å². The molecule has 3 heterocycles. The lowest BCUT2D eigenvalue weighted by atomic mass is 10.0. The van der Waals surface area contributed by atoms with Crippen LogP contribution in [-0.2, 0) is 11.0 Å². The van der Waals surface area contributed by atoms with E-state index in [1.807, 2.05) is 9.80 Å². The number of nitrogens with two attached hydrogens (primary N) is 1. The van der Waals surface area contributed by atoms with E-state index in [9.17, 15) is 18.0 Å². The minimum absolute atomic E-state index is 0. The van der Waals surface area contributed by atoms with Gasteiger partial charge in [0.05, 0.1) is 11.6 Å². The van der Waals surface area contributed by atoms with Crippen molar-refractivity contribution in [1.82, 2.24) is 14.9 Å². The quantitative estimate of drug-likeness (QED) is 0.858. The van der Waals surface area contributed by atoms with Crippen LogP contribution in [0.5, 0.6) is 0 Å². The number of aromatic nitrogens is 2. The maximum Gasteiger partial charge on any atom is 0.419 e. The monoisotopic (exact) mass is 365 g/mol. The fraction of sp³-hybridized carbons (Fsp3) is 0.643. The number of anilines is 1. The molecule has 0 aliphatic carbocycles. The first-order chi connectivity index (χ1) is 10.9. The third-order valence-corrected chi connectivity index (χ3v) is 4.43. The van der Waals surface area contributed by atoms with E-state index in [0.717, 1.165) is 25.2 Å². The molecule has 0 saturated carbocycles. The predicted octanol–water partition coefficient (Wildman–Crippen LogP) is 1.45. The number of halogens is 4. The SMILES string of the molecule is Cl.NC1CCN(C2CCN(c3ncc(C(F)(F)F)cn3)CC2)C1=O. The summed E-state index contributed by atoms with van der Waals surface area (Å²) in [6.07, 6.45) is -0.665. The van der Waals surface area contributed by atoms with Crippen LogP contribution in [-0.4, -0.2) is 52.5 Å². The lowest BCUT2D eigenvalue weighted by Crippen LogP contribution is -2.47. The summed E-state index contributed by atoms with van der Waals surface area (Å²) in [7, 11) is 0. The average Bonchev–Trinajstić information content (AvgIpc) is 2.86. The van der Waals surface area contributed by atoms with Crippen LogP contribution >= 0.6 is 12.4 Å². The Morgan fingerprint density at radius 2 is 1.67 bits per heavy atom. The number of hydrogen-bond donors (Lipinski definition) is 1. The molecule has 2 N–H and O–H groups in total. The third kappa shape index (κ3) is 3.72. The van der Waals surface area contributed by atoms with E-state index in [1.165, 1.54) is 0 Å². The van der Waals surface area contributed by atoms with Gasteiger partial charge in [-0.2, -0.15) is 13.2 Å². The Hall–Kier alpha value is -1.61. The van der Waals surface area contributed by atoms with Crippen LogP contribution in [0.15, 0.2) is 12.4 Å². The molecule has 0 radical (unpaired) electrons. The van der Waals surface area contributed by atoms with Gasteiger partial charge in [0.15, 0.2) is 0 Å². The van der Waals surface area contributed by atoms with Crippen LogP contribution in [0, 0.1) is 0 Å². The zero-order valence-electron chi connectivity index (χ0n) is 12.9. The number of alkyl halides is 3. The van der Waals surface area contributed by atoms with Gasteiger partial charge in [0.1, 0.15) is 0 Å². The van der Waals surface area contributed by atoms with Crippen molar-refractivity contribution in [2.45, 2.75) is 37.5 Å². The summed E-state index contributed by atoms with van der Waals surface area (Å²) in [5.74, 6) is 0.287. The summed E-state index contributed by atoms with van der Waals surface area (Å²) in [6.45, 7) is 1.89. The van der Waals surface area contributed by atoms with Gasteiger partial charge in [0.25, 0.3) is 0 Å². The summed E-state index contributed by atoms with van der Waals surface area (Å²) < 4.78 is 37.5. The Bertz CT molecular complexity index is 575. The van der Waals surface area contributed by atoms with Crippen molar-refractivity contribution in [1.29, 1.82) is 0 Å². The molecule has 1 unspecified atom stereocenters. The molecule has 1 aromatic rings. The highest BCUT2D eigenvalue weighted by Gasteiger charge is 2.36. The zero-order valence-corrected chi connectivity index (χ0v) is 13.7. The Labute approximate surface area is 143 Å². The molecule has 1 atom stereocenters. The van der Waals surface area contributed by atoms with Crippen molar-refractivity contribution in [3.63, 3.8) is 0 Å². The summed E-state index contributed by atoms with van der Waals surface area (Å²) in [4.78, 5) is 23.2. The molecule has 1 aromatic heterocycles. The number of carbonyl (C=O) groups is 1. The maximum absolute atomic E-state index is 12.5. The fourth-order valence-electron chi connectivity index (χ4n) is 3.10. The number of piperidine rings is 1. The number of rotatable bonds is 2. The van der Waals surface area contributed by atoms with Gasteiger partial charge >= 0.3 is 6.18 Å². The van der Waals surface area contributed by atoms with E-state index in [2.05, 4.69) is 9.97 Å². The standard InChI is InChI=1S/C14H18F3N5O.ClH/c15-14(16,17)9-7-19-13(20-8-9)21-4-1-10(2-5-21)22-6-3-11(18)12(22)23;/h7-8,10-11H,1-6,18H2;1H. The number of likely N-dealkylation sites (tertiary alicyclic amines) is 1. The van der Waals surface area contributed by atoms with Gasteiger partial charge in [-0.15, -0.1) is 12.4 Å². The normalized spacial score (nSPS) is 22.7. The van der Waals surface area contributed by atoms with Gasteiger partial charge in [-0.1, -0.05) is 0 Å². The molecule has 2 saturated heterocycles. The van der Waals surface area contributed by atoms with Gasteiger partial charge in [0.2, 0.25) is 11.9 Å². The molecule has 2 aliphatic heterocycles. The number of carbonyl (C=O) groups excluding carboxylic acids is 1. The molecule has 0 aromatic carbocycles. The largest absolute Gasteiger partial charge is 0.419 e. The third-order valence-electron chi connectivity index (χ3n) is 4.43. The van der Waals surface area contributed by atoms with E-state index >= 15 is 0 Å². The van der Waals surface area contributed by atoms with Crippen molar-refractivity contribution in [3.8, 4) is 0 Å². The summed E-state index contributed by atoms with van der Waals surface area (Å²) in [5.41, 5.74) is 4.88. The lowest BCUT2D eigenvalue weighted by molar-refractivity contribution is -0.138. The van der Waals surface area contributed by atoms with Crippen LogP contribution in [0.25, 0.3) is 0 Å². The minimum atomic E-state index is -4.43. The predicted molar refractivity (Wildman–Crippen MR) is 83.8 cm³/mol. The zero-order chi connectivity index (χ0) is 16.6. The van der Waals surface area contributed by atoms with E-state index < -0.39 is 17.8 Å². The summed E-state index contributed by atoms with van der Waals surface area (Å²) in [6, 6.07) is -0.256. The molecule has 1 amide bonds. The minimum Gasteiger partial charge on any atom is -0.341 e. The van der Waals surface area contributed by atoms with Gasteiger partial charge in [-0.25, -0.2) is 9.97 Å². The second-order valence-corrected chi connectivity index (χ2v) is 5.91. The highest BCUT2D eigenvalue weighted by Crippen LogP contribution is 2.29. The molecule has 0 spiro atoms. The van der Waals surface area contributed by atoms with Crippen molar-refractivity contribution >= 4 is 24.3 Å². The topological polar surface area (TPSA) is 75.3 Å². The van der Waals surface area contributed by atoms with E-state index in [-0.39, 0.29) is 24.4 Å². The molecule has 2 fully saturated rings. The van der Waals surface area contributed by atoms with E-state index in [4.69, 9.17) is 5.73 Å². The van der Waals surface area contributed by atoms with Crippen molar-refractivity contribution in [3.05, 3.63) is 18.0 Å². The van der Waals surface area contributed by atoms with Crippen LogP contribution in [0.4, 0.5) is 19.1 Å². The van der Waals surface area contributed by atoms with Crippen molar-refractivity contribution in [2.75, 3.05) is 24.5 Å². The molecular formula is C14H19ClF3N5O. The van der Waals surface area contributed by atoms with Gasteiger partial charge in [-0.05, 0) is 19.3 Å². The molecule has 10 heteroatoms. The number of nitrogens with zero attached hydrogens (tertiary/aromatic N) is 4. The molecular weight excluding hydrogens is 347 g/mol. The molecule has 134 valence electrons. The van der Waals surface area contributed by atoms with Crippen LogP contribution < -0.4 is 10.6 Å². The number of hydrogen-bond acceptors (Lipinski definition) is 5. The first-order valence-corrected chi connectivity index (χ1v) is 7.56. The van der Waals surface area contributed by atoms with Crippen LogP contribution in [0.1, 0.15) is 24.8 Å². The van der Waals surface area contributed by atoms with Crippen molar-refractivity contribution in [2.24, 2.45) is 5.73 Å². The molecule has 2 aliphatic rings. The Kier molecular flexibility index (Phi) is 5.54. The van der Waals surface area contributed by atoms with E-state index in [1.54, 1.807) is 0 Å². The Morgan fingerprint density at radius 1 is 1.08 bits per heavy atom. The Morgan fingerprint density at radius 3 is 2.12 bits per heavy atom. The average molecular weight is 366 g/mol.